The number of aryl methyl sites for hydroxylation is 1. The lowest BCUT2D eigenvalue weighted by molar-refractivity contribution is -0.120. The van der Waals surface area contributed by atoms with Gasteiger partial charge >= 0.3 is 0 Å². The fraction of sp³-hybridized carbons (Fsp3) is 0.462. The number of primary amides is 1. The lowest BCUT2D eigenvalue weighted by Gasteiger charge is -2.17. The molecule has 0 spiro atoms. The molecular weight excluding hydrogens is 200 g/mol. The van der Waals surface area contributed by atoms with Crippen molar-refractivity contribution in [1.29, 1.82) is 0 Å². The Morgan fingerprint density at radius 3 is 2.75 bits per heavy atom. The van der Waals surface area contributed by atoms with Crippen molar-refractivity contribution in [3.63, 3.8) is 0 Å². The highest BCUT2D eigenvalue weighted by molar-refractivity contribution is 5.81. The SMILES string of the molecule is Cc1ccccc1C(NCC1CC1)C(N)=O. The number of benzene rings is 1. The largest absolute Gasteiger partial charge is 0.368 e. The Kier molecular flexibility index (Phi) is 3.25. The molecule has 3 heteroatoms. The van der Waals surface area contributed by atoms with Gasteiger partial charge in [-0.25, -0.2) is 0 Å². The molecule has 0 radical (unpaired) electrons. The first-order valence-corrected chi connectivity index (χ1v) is 5.76. The molecule has 1 atom stereocenters. The number of amides is 1. The Labute approximate surface area is 96.0 Å². The van der Waals surface area contributed by atoms with Crippen LogP contribution >= 0.6 is 0 Å². The fourth-order valence-electron chi connectivity index (χ4n) is 1.88. The average molecular weight is 218 g/mol. The second-order valence-electron chi connectivity index (χ2n) is 4.54. The molecule has 0 bridgehead atoms. The first-order chi connectivity index (χ1) is 7.68. The topological polar surface area (TPSA) is 55.1 Å². The van der Waals surface area contributed by atoms with E-state index >= 15 is 0 Å². The quantitative estimate of drug-likeness (QED) is 0.787. The predicted molar refractivity (Wildman–Crippen MR) is 63.8 cm³/mol. The van der Waals surface area contributed by atoms with E-state index in [1.165, 1.54) is 12.8 Å². The Morgan fingerprint density at radius 1 is 1.50 bits per heavy atom. The number of nitrogens with one attached hydrogen (secondary N) is 1. The van der Waals surface area contributed by atoms with Gasteiger partial charge in [0.15, 0.2) is 0 Å². The second-order valence-corrected chi connectivity index (χ2v) is 4.54. The van der Waals surface area contributed by atoms with Crippen LogP contribution in [0.1, 0.15) is 30.0 Å². The molecule has 2 rings (SSSR count). The van der Waals surface area contributed by atoms with E-state index in [1.807, 2.05) is 31.2 Å². The Balaban J connectivity index is 2.11. The molecule has 0 saturated heterocycles. The standard InChI is InChI=1S/C13H18N2O/c1-9-4-2-3-5-11(9)12(13(14)16)15-8-10-6-7-10/h2-5,10,12,15H,6-8H2,1H3,(H2,14,16). The van der Waals surface area contributed by atoms with Gasteiger partial charge in [0.25, 0.3) is 0 Å². The maximum atomic E-state index is 11.4. The third-order valence-corrected chi connectivity index (χ3v) is 3.09. The normalized spacial score (nSPS) is 17.1. The third kappa shape index (κ3) is 2.61. The monoisotopic (exact) mass is 218 g/mol. The molecule has 1 fully saturated rings. The van der Waals surface area contributed by atoms with Crippen LogP contribution in [-0.4, -0.2) is 12.5 Å². The second kappa shape index (κ2) is 4.66. The molecule has 1 aromatic rings. The molecule has 86 valence electrons. The summed E-state index contributed by atoms with van der Waals surface area (Å²) >= 11 is 0. The van der Waals surface area contributed by atoms with Crippen LogP contribution in [-0.2, 0) is 4.79 Å². The Bertz CT molecular complexity index is 385. The highest BCUT2D eigenvalue weighted by atomic mass is 16.1. The van der Waals surface area contributed by atoms with Crippen molar-refractivity contribution in [2.45, 2.75) is 25.8 Å². The summed E-state index contributed by atoms with van der Waals surface area (Å²) in [5.74, 6) is 0.445. The first-order valence-electron chi connectivity index (χ1n) is 5.76. The number of rotatable bonds is 5. The molecule has 1 saturated carbocycles. The van der Waals surface area contributed by atoms with E-state index in [1.54, 1.807) is 0 Å². The highest BCUT2D eigenvalue weighted by Gasteiger charge is 2.25. The summed E-state index contributed by atoms with van der Waals surface area (Å²) in [6.07, 6.45) is 2.54. The zero-order valence-electron chi connectivity index (χ0n) is 9.57. The van der Waals surface area contributed by atoms with Gasteiger partial charge in [0.1, 0.15) is 6.04 Å². The molecular formula is C13H18N2O. The number of nitrogens with two attached hydrogens (primary N) is 1. The summed E-state index contributed by atoms with van der Waals surface area (Å²) in [7, 11) is 0. The highest BCUT2D eigenvalue weighted by Crippen LogP contribution is 2.28. The van der Waals surface area contributed by atoms with Gasteiger partial charge in [-0.15, -0.1) is 0 Å². The zero-order valence-corrected chi connectivity index (χ0v) is 9.57. The summed E-state index contributed by atoms with van der Waals surface area (Å²) in [6, 6.07) is 7.53. The Morgan fingerprint density at radius 2 is 2.19 bits per heavy atom. The van der Waals surface area contributed by atoms with Crippen molar-refractivity contribution in [3.8, 4) is 0 Å². The van der Waals surface area contributed by atoms with Gasteiger partial charge in [0, 0.05) is 0 Å². The van der Waals surface area contributed by atoms with Gasteiger partial charge in [-0.3, -0.25) is 4.79 Å². The van der Waals surface area contributed by atoms with Crippen molar-refractivity contribution in [3.05, 3.63) is 35.4 Å². The third-order valence-electron chi connectivity index (χ3n) is 3.09. The molecule has 0 aromatic heterocycles. The van der Waals surface area contributed by atoms with Gasteiger partial charge < -0.3 is 11.1 Å². The van der Waals surface area contributed by atoms with E-state index < -0.39 is 0 Å². The van der Waals surface area contributed by atoms with Crippen molar-refractivity contribution >= 4 is 5.91 Å². The molecule has 1 amide bonds. The molecule has 1 unspecified atom stereocenters. The minimum Gasteiger partial charge on any atom is -0.368 e. The van der Waals surface area contributed by atoms with Crippen molar-refractivity contribution in [2.75, 3.05) is 6.54 Å². The minimum atomic E-state index is -0.346. The number of carbonyl (C=O) groups is 1. The van der Waals surface area contributed by atoms with E-state index in [-0.39, 0.29) is 11.9 Å². The lowest BCUT2D eigenvalue weighted by Crippen LogP contribution is -2.35. The van der Waals surface area contributed by atoms with Crippen molar-refractivity contribution < 1.29 is 4.79 Å². The molecule has 1 aromatic carbocycles. The van der Waals surface area contributed by atoms with E-state index in [0.717, 1.165) is 23.6 Å². The van der Waals surface area contributed by atoms with E-state index in [9.17, 15) is 4.79 Å². The van der Waals surface area contributed by atoms with Crippen molar-refractivity contribution in [1.82, 2.24) is 5.32 Å². The molecule has 3 nitrogen and oxygen atoms in total. The molecule has 1 aliphatic carbocycles. The van der Waals surface area contributed by atoms with E-state index in [4.69, 9.17) is 5.73 Å². The van der Waals surface area contributed by atoms with E-state index in [0.29, 0.717) is 0 Å². The predicted octanol–water partition coefficient (Wildman–Crippen LogP) is 1.52. The van der Waals surface area contributed by atoms with Crippen LogP contribution < -0.4 is 11.1 Å². The maximum Gasteiger partial charge on any atom is 0.239 e. The van der Waals surface area contributed by atoms with Crippen LogP contribution in [0.2, 0.25) is 0 Å². The van der Waals surface area contributed by atoms with Crippen LogP contribution in [0.15, 0.2) is 24.3 Å². The molecule has 16 heavy (non-hydrogen) atoms. The van der Waals surface area contributed by atoms with Gasteiger partial charge in [-0.2, -0.15) is 0 Å². The van der Waals surface area contributed by atoms with Crippen LogP contribution in [0.25, 0.3) is 0 Å². The maximum absolute atomic E-state index is 11.4. The van der Waals surface area contributed by atoms with Gasteiger partial charge in [0.05, 0.1) is 0 Å². The Hall–Kier alpha value is -1.35. The van der Waals surface area contributed by atoms with Gasteiger partial charge in [0.2, 0.25) is 5.91 Å². The van der Waals surface area contributed by atoms with Gasteiger partial charge in [-0.05, 0) is 43.4 Å². The molecule has 0 aliphatic heterocycles. The zero-order chi connectivity index (χ0) is 11.5. The summed E-state index contributed by atoms with van der Waals surface area (Å²) in [5.41, 5.74) is 7.54. The summed E-state index contributed by atoms with van der Waals surface area (Å²) in [6.45, 7) is 2.89. The molecule has 3 N–H and O–H groups in total. The first kappa shape index (κ1) is 11.1. The summed E-state index contributed by atoms with van der Waals surface area (Å²) < 4.78 is 0. The van der Waals surface area contributed by atoms with E-state index in [2.05, 4.69) is 5.32 Å². The van der Waals surface area contributed by atoms with Crippen LogP contribution in [0.4, 0.5) is 0 Å². The summed E-state index contributed by atoms with van der Waals surface area (Å²) in [4.78, 5) is 11.4. The fourth-order valence-corrected chi connectivity index (χ4v) is 1.88. The van der Waals surface area contributed by atoms with Crippen LogP contribution in [0.5, 0.6) is 0 Å². The molecule has 1 aliphatic rings. The van der Waals surface area contributed by atoms with Crippen molar-refractivity contribution in [2.24, 2.45) is 11.7 Å². The van der Waals surface area contributed by atoms with Crippen LogP contribution in [0.3, 0.4) is 0 Å². The number of hydrogen-bond acceptors (Lipinski definition) is 2. The van der Waals surface area contributed by atoms with Crippen LogP contribution in [0, 0.1) is 12.8 Å². The molecule has 0 heterocycles. The summed E-state index contributed by atoms with van der Waals surface area (Å²) in [5, 5.41) is 3.26. The average Bonchev–Trinajstić information content (AvgIpc) is 3.04. The van der Waals surface area contributed by atoms with Gasteiger partial charge in [-0.1, -0.05) is 24.3 Å². The smallest absolute Gasteiger partial charge is 0.239 e. The lowest BCUT2D eigenvalue weighted by atomic mass is 10.0. The minimum absolute atomic E-state index is 0.296. The number of carbonyl (C=O) groups excluding carboxylic acids is 1. The number of hydrogen-bond donors (Lipinski definition) is 2.